The molecule has 0 aromatic heterocycles. The summed E-state index contributed by atoms with van der Waals surface area (Å²) in [5.74, 6) is 0.795. The maximum absolute atomic E-state index is 4.03. The van der Waals surface area contributed by atoms with Gasteiger partial charge in [0.05, 0.1) is 0 Å². The van der Waals surface area contributed by atoms with Gasteiger partial charge in [0.1, 0.15) is 0 Å². The topological polar surface area (TPSA) is 0 Å². The molecular formula is C17H24Br2. The Morgan fingerprint density at radius 1 is 1.11 bits per heavy atom. The van der Waals surface area contributed by atoms with E-state index in [0.717, 1.165) is 12.3 Å². The van der Waals surface area contributed by atoms with Crippen molar-refractivity contribution in [3.8, 4) is 0 Å². The molecular weight excluding hydrogens is 364 g/mol. The van der Waals surface area contributed by atoms with Crippen LogP contribution in [0.3, 0.4) is 0 Å². The monoisotopic (exact) mass is 386 g/mol. The first kappa shape index (κ1) is 15.6. The average Bonchev–Trinajstić information content (AvgIpc) is 2.81. The molecule has 19 heavy (non-hydrogen) atoms. The van der Waals surface area contributed by atoms with Crippen LogP contribution in [0.25, 0.3) is 0 Å². The second-order valence-electron chi connectivity index (χ2n) is 6.47. The molecule has 1 aliphatic rings. The van der Waals surface area contributed by atoms with Gasteiger partial charge < -0.3 is 0 Å². The third kappa shape index (κ3) is 4.07. The van der Waals surface area contributed by atoms with Crippen LogP contribution < -0.4 is 0 Å². The molecule has 1 aliphatic carbocycles. The third-order valence-electron chi connectivity index (χ3n) is 4.41. The smallest absolute Gasteiger partial charge is 0.0242 e. The summed E-state index contributed by atoms with van der Waals surface area (Å²) in [6.45, 7) is 4.72. The van der Waals surface area contributed by atoms with E-state index in [1.54, 1.807) is 0 Å². The van der Waals surface area contributed by atoms with Crippen molar-refractivity contribution >= 4 is 31.9 Å². The summed E-state index contributed by atoms with van der Waals surface area (Å²) in [4.78, 5) is 0.617. The fraction of sp³-hybridized carbons (Fsp3) is 0.647. The van der Waals surface area contributed by atoms with Gasteiger partial charge in [-0.1, -0.05) is 70.7 Å². The average molecular weight is 388 g/mol. The molecule has 0 spiro atoms. The van der Waals surface area contributed by atoms with Crippen molar-refractivity contribution in [2.45, 2.75) is 57.2 Å². The lowest BCUT2D eigenvalue weighted by Crippen LogP contribution is -2.31. The highest BCUT2D eigenvalue weighted by Crippen LogP contribution is 2.49. The zero-order valence-corrected chi connectivity index (χ0v) is 15.1. The van der Waals surface area contributed by atoms with Gasteiger partial charge in [-0.3, -0.25) is 0 Å². The second-order valence-corrected chi connectivity index (χ2v) is 8.49. The Hall–Kier alpha value is 0.180. The molecule has 0 amide bonds. The molecule has 1 unspecified atom stereocenters. The standard InChI is InChI=1S/C17H24Br2/c1-13(2)12-17(9-3-4-10-17)16(19)11-14-5-7-15(18)8-6-14/h5-8,13,16H,3-4,9-12H2,1-2H3. The second kappa shape index (κ2) is 6.76. The lowest BCUT2D eigenvalue weighted by atomic mass is 9.74. The number of benzene rings is 1. The van der Waals surface area contributed by atoms with Crippen molar-refractivity contribution in [1.29, 1.82) is 0 Å². The van der Waals surface area contributed by atoms with E-state index >= 15 is 0 Å². The number of alkyl halides is 1. The van der Waals surface area contributed by atoms with Crippen LogP contribution in [0.4, 0.5) is 0 Å². The number of rotatable bonds is 5. The molecule has 0 nitrogen and oxygen atoms in total. The van der Waals surface area contributed by atoms with Crippen molar-refractivity contribution in [3.05, 3.63) is 34.3 Å². The molecule has 2 heteroatoms. The Bertz CT molecular complexity index is 388. The number of halogens is 2. The van der Waals surface area contributed by atoms with Gasteiger partial charge in [0.2, 0.25) is 0 Å². The Morgan fingerprint density at radius 2 is 1.68 bits per heavy atom. The van der Waals surface area contributed by atoms with Crippen LogP contribution in [-0.2, 0) is 6.42 Å². The summed E-state index contributed by atoms with van der Waals surface area (Å²) in [5.41, 5.74) is 1.97. The van der Waals surface area contributed by atoms with Gasteiger partial charge in [-0.15, -0.1) is 0 Å². The van der Waals surface area contributed by atoms with Crippen molar-refractivity contribution < 1.29 is 0 Å². The molecule has 1 saturated carbocycles. The summed E-state index contributed by atoms with van der Waals surface area (Å²) in [5, 5.41) is 0. The molecule has 0 heterocycles. The fourth-order valence-electron chi connectivity index (χ4n) is 3.58. The Morgan fingerprint density at radius 3 is 2.21 bits per heavy atom. The maximum atomic E-state index is 4.03. The van der Waals surface area contributed by atoms with E-state index in [9.17, 15) is 0 Å². The quantitative estimate of drug-likeness (QED) is 0.515. The summed E-state index contributed by atoms with van der Waals surface area (Å²) in [7, 11) is 0. The molecule has 106 valence electrons. The van der Waals surface area contributed by atoms with E-state index < -0.39 is 0 Å². The van der Waals surface area contributed by atoms with E-state index in [1.807, 2.05) is 0 Å². The predicted octanol–water partition coefficient (Wildman–Crippen LogP) is 6.36. The van der Waals surface area contributed by atoms with E-state index in [2.05, 4.69) is 70.0 Å². The fourth-order valence-corrected chi connectivity index (χ4v) is 4.86. The van der Waals surface area contributed by atoms with Gasteiger partial charge in [-0.25, -0.2) is 0 Å². The molecule has 1 aromatic rings. The number of hydrogen-bond donors (Lipinski definition) is 0. The van der Waals surface area contributed by atoms with Crippen molar-refractivity contribution in [3.63, 3.8) is 0 Å². The van der Waals surface area contributed by atoms with Gasteiger partial charge >= 0.3 is 0 Å². The Kier molecular flexibility index (Phi) is 5.54. The molecule has 1 atom stereocenters. The Labute approximate surface area is 134 Å². The van der Waals surface area contributed by atoms with Crippen LogP contribution in [0.2, 0.25) is 0 Å². The molecule has 2 rings (SSSR count). The first-order valence-corrected chi connectivity index (χ1v) is 9.11. The SMILES string of the molecule is CC(C)CC1(C(Br)Cc2ccc(Br)cc2)CCCC1. The minimum Gasteiger partial charge on any atom is -0.0881 e. The molecule has 0 bridgehead atoms. The van der Waals surface area contributed by atoms with E-state index in [0.29, 0.717) is 10.2 Å². The van der Waals surface area contributed by atoms with Gasteiger partial charge in [-0.05, 0) is 54.7 Å². The van der Waals surface area contributed by atoms with Crippen LogP contribution in [0.5, 0.6) is 0 Å². The van der Waals surface area contributed by atoms with Crippen LogP contribution in [-0.4, -0.2) is 4.83 Å². The molecule has 0 saturated heterocycles. The maximum Gasteiger partial charge on any atom is 0.0242 e. The van der Waals surface area contributed by atoms with E-state index in [1.165, 1.54) is 42.1 Å². The molecule has 0 N–H and O–H groups in total. The highest BCUT2D eigenvalue weighted by atomic mass is 79.9. The Balaban J connectivity index is 2.07. The molecule has 1 aromatic carbocycles. The van der Waals surface area contributed by atoms with E-state index in [-0.39, 0.29) is 0 Å². The normalized spacial score (nSPS) is 19.8. The lowest BCUT2D eigenvalue weighted by molar-refractivity contribution is 0.228. The van der Waals surface area contributed by atoms with Crippen molar-refractivity contribution in [2.75, 3.05) is 0 Å². The minimum atomic E-state index is 0.529. The van der Waals surface area contributed by atoms with Gasteiger partial charge in [0.25, 0.3) is 0 Å². The van der Waals surface area contributed by atoms with Crippen LogP contribution >= 0.6 is 31.9 Å². The lowest BCUT2D eigenvalue weighted by Gasteiger charge is -2.36. The van der Waals surface area contributed by atoms with Crippen LogP contribution in [0, 0.1) is 11.3 Å². The van der Waals surface area contributed by atoms with Crippen molar-refractivity contribution in [2.24, 2.45) is 11.3 Å². The summed E-state index contributed by atoms with van der Waals surface area (Å²) in [6, 6.07) is 8.80. The van der Waals surface area contributed by atoms with Crippen LogP contribution in [0.1, 0.15) is 51.5 Å². The third-order valence-corrected chi connectivity index (χ3v) is 6.23. The summed E-state index contributed by atoms with van der Waals surface area (Å²) in [6.07, 6.45) is 8.14. The summed E-state index contributed by atoms with van der Waals surface area (Å²) < 4.78 is 1.17. The largest absolute Gasteiger partial charge is 0.0881 e. The van der Waals surface area contributed by atoms with Crippen LogP contribution in [0.15, 0.2) is 28.7 Å². The van der Waals surface area contributed by atoms with Gasteiger partial charge in [0, 0.05) is 9.30 Å². The zero-order chi connectivity index (χ0) is 13.9. The highest BCUT2D eigenvalue weighted by Gasteiger charge is 2.40. The molecule has 1 fully saturated rings. The van der Waals surface area contributed by atoms with Gasteiger partial charge in [0.15, 0.2) is 0 Å². The van der Waals surface area contributed by atoms with E-state index in [4.69, 9.17) is 0 Å². The predicted molar refractivity (Wildman–Crippen MR) is 90.9 cm³/mol. The first-order chi connectivity index (χ1) is 9.02. The van der Waals surface area contributed by atoms with Crippen molar-refractivity contribution in [1.82, 2.24) is 0 Å². The zero-order valence-electron chi connectivity index (χ0n) is 12.0. The number of hydrogen-bond acceptors (Lipinski definition) is 0. The minimum absolute atomic E-state index is 0.529. The highest BCUT2D eigenvalue weighted by molar-refractivity contribution is 9.10. The molecule has 0 aliphatic heterocycles. The first-order valence-electron chi connectivity index (χ1n) is 7.40. The molecule has 0 radical (unpaired) electrons. The summed E-state index contributed by atoms with van der Waals surface area (Å²) >= 11 is 7.54. The van der Waals surface area contributed by atoms with Gasteiger partial charge in [-0.2, -0.15) is 0 Å².